The molecule has 1 aromatic carbocycles. The maximum Gasteiger partial charge on any atom is 0.328 e. The SMILES string of the molecule is COc1cc(C(=O)N2[C@H](C(=O)O)COC23CCCCC3)cc(OC)c1OC. The number of carbonyl (C=O) groups excluding carboxylic acids is 1. The van der Waals surface area contributed by atoms with Gasteiger partial charge in [0.1, 0.15) is 5.72 Å². The van der Waals surface area contributed by atoms with E-state index >= 15 is 0 Å². The quantitative estimate of drug-likeness (QED) is 0.839. The molecule has 8 nitrogen and oxygen atoms in total. The van der Waals surface area contributed by atoms with E-state index in [-0.39, 0.29) is 12.2 Å². The van der Waals surface area contributed by atoms with Gasteiger partial charge >= 0.3 is 5.97 Å². The van der Waals surface area contributed by atoms with E-state index in [4.69, 9.17) is 18.9 Å². The lowest BCUT2D eigenvalue weighted by molar-refractivity contribution is -0.143. The molecule has 0 unspecified atom stereocenters. The molecule has 8 heteroatoms. The van der Waals surface area contributed by atoms with Crippen LogP contribution in [0.25, 0.3) is 0 Å². The van der Waals surface area contributed by atoms with Crippen molar-refractivity contribution in [2.24, 2.45) is 0 Å². The normalized spacial score (nSPS) is 21.1. The van der Waals surface area contributed by atoms with E-state index in [0.29, 0.717) is 30.1 Å². The number of rotatable bonds is 5. The Morgan fingerprint density at radius 3 is 2.15 bits per heavy atom. The number of benzene rings is 1. The standard InChI is InChI=1S/C19H25NO7/c1-24-14-9-12(10-15(25-2)16(14)26-3)17(21)20-13(18(22)23)11-27-19(20)7-5-4-6-8-19/h9-10,13H,4-8,11H2,1-3H3,(H,22,23)/t13-/m0/s1. The fourth-order valence-corrected chi connectivity index (χ4v) is 4.00. The van der Waals surface area contributed by atoms with Crippen molar-refractivity contribution in [3.63, 3.8) is 0 Å². The van der Waals surface area contributed by atoms with Crippen LogP contribution >= 0.6 is 0 Å². The van der Waals surface area contributed by atoms with E-state index in [2.05, 4.69) is 0 Å². The number of carboxylic acid groups (broad SMARTS) is 1. The van der Waals surface area contributed by atoms with Crippen LogP contribution in [0.1, 0.15) is 42.5 Å². The molecule has 1 aliphatic carbocycles. The first-order chi connectivity index (χ1) is 13.0. The Morgan fingerprint density at radius 2 is 1.67 bits per heavy atom. The zero-order valence-corrected chi connectivity index (χ0v) is 15.8. The molecule has 1 spiro atoms. The first kappa shape index (κ1) is 19.3. The molecule has 0 radical (unpaired) electrons. The van der Waals surface area contributed by atoms with E-state index in [1.165, 1.54) is 38.4 Å². The summed E-state index contributed by atoms with van der Waals surface area (Å²) in [7, 11) is 4.41. The summed E-state index contributed by atoms with van der Waals surface area (Å²) < 4.78 is 21.8. The third-order valence-corrected chi connectivity index (χ3v) is 5.31. The molecule has 1 saturated heterocycles. The van der Waals surface area contributed by atoms with Gasteiger partial charge in [0.2, 0.25) is 5.75 Å². The smallest absolute Gasteiger partial charge is 0.328 e. The second kappa shape index (κ2) is 7.64. The van der Waals surface area contributed by atoms with Gasteiger partial charge in [0.25, 0.3) is 5.91 Å². The van der Waals surface area contributed by atoms with Crippen LogP contribution in [0.3, 0.4) is 0 Å². The number of ether oxygens (including phenoxy) is 4. The molecule has 3 rings (SSSR count). The van der Waals surface area contributed by atoms with Crippen molar-refractivity contribution in [1.82, 2.24) is 4.90 Å². The minimum Gasteiger partial charge on any atom is -0.493 e. The fourth-order valence-electron chi connectivity index (χ4n) is 4.00. The van der Waals surface area contributed by atoms with E-state index in [9.17, 15) is 14.7 Å². The van der Waals surface area contributed by atoms with Gasteiger partial charge in [0, 0.05) is 5.56 Å². The number of nitrogens with zero attached hydrogens (tertiary/aromatic N) is 1. The molecule has 1 saturated carbocycles. The van der Waals surface area contributed by atoms with Crippen LogP contribution in [0.4, 0.5) is 0 Å². The molecule has 148 valence electrons. The Kier molecular flexibility index (Phi) is 5.46. The second-order valence-corrected chi connectivity index (χ2v) is 6.76. The number of hydrogen-bond donors (Lipinski definition) is 1. The number of amides is 1. The maximum absolute atomic E-state index is 13.4. The van der Waals surface area contributed by atoms with Crippen molar-refractivity contribution in [1.29, 1.82) is 0 Å². The number of carbonyl (C=O) groups is 2. The van der Waals surface area contributed by atoms with Crippen LogP contribution in [0, 0.1) is 0 Å². The summed E-state index contributed by atoms with van der Waals surface area (Å²) in [5, 5.41) is 9.63. The van der Waals surface area contributed by atoms with Crippen molar-refractivity contribution in [3.8, 4) is 17.2 Å². The molecular formula is C19H25NO7. The predicted molar refractivity (Wildman–Crippen MR) is 95.5 cm³/mol. The minimum absolute atomic E-state index is 0.00843. The Morgan fingerprint density at radius 1 is 1.07 bits per heavy atom. The van der Waals surface area contributed by atoms with Crippen LogP contribution in [0.2, 0.25) is 0 Å². The predicted octanol–water partition coefficient (Wildman–Crippen LogP) is 2.30. The van der Waals surface area contributed by atoms with Crippen molar-refractivity contribution in [2.45, 2.75) is 43.9 Å². The molecule has 1 atom stereocenters. The molecule has 0 bridgehead atoms. The summed E-state index contributed by atoms with van der Waals surface area (Å²) in [6.07, 6.45) is 4.10. The van der Waals surface area contributed by atoms with Crippen molar-refractivity contribution in [2.75, 3.05) is 27.9 Å². The van der Waals surface area contributed by atoms with Gasteiger partial charge < -0.3 is 24.1 Å². The second-order valence-electron chi connectivity index (χ2n) is 6.76. The highest BCUT2D eigenvalue weighted by Crippen LogP contribution is 2.43. The molecule has 1 aromatic rings. The molecule has 2 aliphatic rings. The van der Waals surface area contributed by atoms with Crippen LogP contribution < -0.4 is 14.2 Å². The summed E-state index contributed by atoms with van der Waals surface area (Å²) >= 11 is 0. The van der Waals surface area contributed by atoms with Crippen LogP contribution in [-0.4, -0.2) is 61.6 Å². The topological polar surface area (TPSA) is 94.5 Å². The number of carboxylic acids is 1. The largest absolute Gasteiger partial charge is 0.493 e. The summed E-state index contributed by atoms with van der Waals surface area (Å²) in [5.74, 6) is -0.439. The summed E-state index contributed by atoms with van der Waals surface area (Å²) in [5.41, 5.74) is -0.593. The Bertz CT molecular complexity index is 702. The zero-order chi connectivity index (χ0) is 19.6. The molecule has 2 fully saturated rings. The fraction of sp³-hybridized carbons (Fsp3) is 0.579. The van der Waals surface area contributed by atoms with Gasteiger partial charge in [-0.15, -0.1) is 0 Å². The monoisotopic (exact) mass is 379 g/mol. The summed E-state index contributed by atoms with van der Waals surface area (Å²) in [6.45, 7) is -0.00843. The average molecular weight is 379 g/mol. The van der Waals surface area contributed by atoms with E-state index < -0.39 is 23.6 Å². The van der Waals surface area contributed by atoms with E-state index in [1.54, 1.807) is 0 Å². The number of hydrogen-bond acceptors (Lipinski definition) is 6. The van der Waals surface area contributed by atoms with Gasteiger partial charge in [-0.05, 0) is 37.8 Å². The third kappa shape index (κ3) is 3.29. The van der Waals surface area contributed by atoms with Crippen LogP contribution in [0.15, 0.2) is 12.1 Å². The van der Waals surface area contributed by atoms with Gasteiger partial charge in [0.05, 0.1) is 27.9 Å². The van der Waals surface area contributed by atoms with Crippen LogP contribution in [-0.2, 0) is 9.53 Å². The highest BCUT2D eigenvalue weighted by molar-refractivity contribution is 5.98. The Labute approximate surface area is 157 Å². The highest BCUT2D eigenvalue weighted by atomic mass is 16.5. The van der Waals surface area contributed by atoms with Gasteiger partial charge in [-0.2, -0.15) is 0 Å². The molecule has 1 amide bonds. The number of aliphatic carboxylic acids is 1. The highest BCUT2D eigenvalue weighted by Gasteiger charge is 2.53. The summed E-state index contributed by atoms with van der Waals surface area (Å²) in [4.78, 5) is 26.6. The zero-order valence-electron chi connectivity index (χ0n) is 15.8. The number of methoxy groups -OCH3 is 3. The molecule has 27 heavy (non-hydrogen) atoms. The molecule has 1 heterocycles. The van der Waals surface area contributed by atoms with Crippen molar-refractivity contribution >= 4 is 11.9 Å². The van der Waals surface area contributed by atoms with Crippen molar-refractivity contribution < 1.29 is 33.6 Å². The van der Waals surface area contributed by atoms with E-state index in [0.717, 1.165) is 19.3 Å². The summed E-state index contributed by atoms with van der Waals surface area (Å²) in [6, 6.07) is 2.06. The van der Waals surface area contributed by atoms with Gasteiger partial charge in [-0.1, -0.05) is 6.42 Å². The molecule has 1 N–H and O–H groups in total. The molecule has 1 aliphatic heterocycles. The van der Waals surface area contributed by atoms with Gasteiger partial charge in [-0.25, -0.2) is 4.79 Å². The first-order valence-corrected chi connectivity index (χ1v) is 8.98. The Hall–Kier alpha value is -2.48. The van der Waals surface area contributed by atoms with Crippen LogP contribution in [0.5, 0.6) is 17.2 Å². The minimum atomic E-state index is -1.07. The van der Waals surface area contributed by atoms with Crippen molar-refractivity contribution in [3.05, 3.63) is 17.7 Å². The average Bonchev–Trinajstić information content (AvgIpc) is 3.05. The lowest BCUT2D eigenvalue weighted by Crippen LogP contribution is -2.54. The third-order valence-electron chi connectivity index (χ3n) is 5.31. The van der Waals surface area contributed by atoms with Gasteiger partial charge in [0.15, 0.2) is 17.5 Å². The van der Waals surface area contributed by atoms with Gasteiger partial charge in [-0.3, -0.25) is 9.69 Å². The molecular weight excluding hydrogens is 354 g/mol. The van der Waals surface area contributed by atoms with E-state index in [1.807, 2.05) is 0 Å². The Balaban J connectivity index is 2.04. The molecule has 0 aromatic heterocycles. The first-order valence-electron chi connectivity index (χ1n) is 8.98. The lowest BCUT2D eigenvalue weighted by atomic mass is 9.89. The maximum atomic E-state index is 13.4. The lowest BCUT2D eigenvalue weighted by Gasteiger charge is -2.41.